The Bertz CT molecular complexity index is 324. The zero-order valence-corrected chi connectivity index (χ0v) is 10.1. The third-order valence-electron chi connectivity index (χ3n) is 2.48. The number of aliphatic hydroxyl groups is 1. The maximum absolute atomic E-state index is 8.68. The minimum Gasteiger partial charge on any atom is -0.491 e. The zero-order valence-electron chi connectivity index (χ0n) is 10.1. The van der Waals surface area contributed by atoms with Crippen molar-refractivity contribution in [2.24, 2.45) is 5.73 Å². The molecule has 3 N–H and O–H groups in total. The first-order chi connectivity index (χ1) is 7.63. The molecule has 0 aromatic heterocycles. The summed E-state index contributed by atoms with van der Waals surface area (Å²) in [5.41, 5.74) is 8.11. The number of aliphatic hydroxyl groups excluding tert-OH is 1. The predicted octanol–water partition coefficient (Wildman–Crippen LogP) is 1.65. The molecule has 0 bridgehead atoms. The van der Waals surface area contributed by atoms with Gasteiger partial charge in [0.05, 0.1) is 6.61 Å². The van der Waals surface area contributed by atoms with Crippen molar-refractivity contribution in [3.05, 3.63) is 29.3 Å². The van der Waals surface area contributed by atoms with Crippen LogP contribution in [0.5, 0.6) is 5.75 Å². The van der Waals surface area contributed by atoms with Crippen LogP contribution in [0.3, 0.4) is 0 Å². The Morgan fingerprint density at radius 3 is 2.75 bits per heavy atom. The average Bonchev–Trinajstić information content (AvgIpc) is 2.25. The van der Waals surface area contributed by atoms with E-state index in [1.54, 1.807) is 0 Å². The molecule has 0 radical (unpaired) electrons. The molecule has 0 aliphatic carbocycles. The van der Waals surface area contributed by atoms with E-state index in [9.17, 15) is 0 Å². The summed E-state index contributed by atoms with van der Waals surface area (Å²) in [6.45, 7) is 4.43. The normalized spacial score (nSPS) is 12.5. The Kier molecular flexibility index (Phi) is 5.29. The first kappa shape index (κ1) is 13.0. The third-order valence-corrected chi connectivity index (χ3v) is 2.48. The Morgan fingerprint density at radius 2 is 2.19 bits per heavy atom. The van der Waals surface area contributed by atoms with Gasteiger partial charge in [-0.25, -0.2) is 0 Å². The molecule has 0 aliphatic rings. The number of nitrogens with two attached hydrogens (primary N) is 1. The molecule has 1 rings (SSSR count). The van der Waals surface area contributed by atoms with Crippen molar-refractivity contribution in [1.29, 1.82) is 0 Å². The second kappa shape index (κ2) is 6.51. The fourth-order valence-electron chi connectivity index (χ4n) is 1.58. The van der Waals surface area contributed by atoms with Crippen LogP contribution in [0.4, 0.5) is 0 Å². The minimum absolute atomic E-state index is 0.0475. The monoisotopic (exact) mass is 223 g/mol. The predicted molar refractivity (Wildman–Crippen MR) is 65.7 cm³/mol. The van der Waals surface area contributed by atoms with E-state index in [2.05, 4.69) is 12.1 Å². The van der Waals surface area contributed by atoms with Gasteiger partial charge in [0.1, 0.15) is 12.4 Å². The van der Waals surface area contributed by atoms with Gasteiger partial charge in [-0.3, -0.25) is 0 Å². The van der Waals surface area contributed by atoms with Gasteiger partial charge in [0.15, 0.2) is 0 Å². The van der Waals surface area contributed by atoms with Gasteiger partial charge in [-0.05, 0) is 43.9 Å². The van der Waals surface area contributed by atoms with Gasteiger partial charge in [-0.15, -0.1) is 0 Å². The molecule has 1 aromatic carbocycles. The highest BCUT2D eigenvalue weighted by Crippen LogP contribution is 2.20. The van der Waals surface area contributed by atoms with Crippen molar-refractivity contribution in [1.82, 2.24) is 0 Å². The van der Waals surface area contributed by atoms with E-state index in [1.807, 2.05) is 19.9 Å². The van der Waals surface area contributed by atoms with E-state index < -0.39 is 0 Å². The molecule has 1 aromatic rings. The summed E-state index contributed by atoms with van der Waals surface area (Å²) < 4.78 is 5.39. The van der Waals surface area contributed by atoms with E-state index in [-0.39, 0.29) is 12.6 Å². The van der Waals surface area contributed by atoms with Gasteiger partial charge < -0.3 is 15.6 Å². The van der Waals surface area contributed by atoms with Crippen molar-refractivity contribution < 1.29 is 9.84 Å². The molecule has 3 nitrogen and oxygen atoms in total. The Labute approximate surface area is 97.2 Å². The molecule has 0 spiro atoms. The lowest BCUT2D eigenvalue weighted by molar-refractivity contribution is 0.200. The van der Waals surface area contributed by atoms with Crippen molar-refractivity contribution >= 4 is 0 Å². The number of rotatable bonds is 6. The minimum atomic E-state index is 0.0475. The van der Waals surface area contributed by atoms with Crippen molar-refractivity contribution in [3.63, 3.8) is 0 Å². The van der Waals surface area contributed by atoms with Crippen LogP contribution in [0.15, 0.2) is 18.2 Å². The van der Waals surface area contributed by atoms with Gasteiger partial charge in [-0.2, -0.15) is 0 Å². The van der Waals surface area contributed by atoms with Crippen LogP contribution in [-0.4, -0.2) is 24.4 Å². The molecule has 0 heterocycles. The number of ether oxygens (including phenoxy) is 1. The smallest absolute Gasteiger partial charge is 0.122 e. The topological polar surface area (TPSA) is 55.5 Å². The maximum atomic E-state index is 8.68. The van der Waals surface area contributed by atoms with Gasteiger partial charge in [0.2, 0.25) is 0 Å². The van der Waals surface area contributed by atoms with Crippen LogP contribution in [0.1, 0.15) is 24.5 Å². The van der Waals surface area contributed by atoms with E-state index in [0.717, 1.165) is 24.2 Å². The second-order valence-electron chi connectivity index (χ2n) is 4.19. The van der Waals surface area contributed by atoms with Crippen molar-refractivity contribution in [2.45, 2.75) is 32.7 Å². The van der Waals surface area contributed by atoms with Crippen LogP contribution in [0.25, 0.3) is 0 Å². The molecule has 0 saturated heterocycles. The molecule has 0 aliphatic heterocycles. The lowest BCUT2D eigenvalue weighted by Gasteiger charge is -2.10. The van der Waals surface area contributed by atoms with Crippen LogP contribution >= 0.6 is 0 Å². The number of benzene rings is 1. The molecule has 90 valence electrons. The fourth-order valence-corrected chi connectivity index (χ4v) is 1.58. The van der Waals surface area contributed by atoms with Crippen molar-refractivity contribution in [2.75, 3.05) is 13.2 Å². The maximum Gasteiger partial charge on any atom is 0.122 e. The first-order valence-electron chi connectivity index (χ1n) is 5.72. The number of aryl methyl sites for hydroxylation is 2. The van der Waals surface area contributed by atoms with Gasteiger partial charge in [0, 0.05) is 6.04 Å². The SMILES string of the molecule is Cc1cc(CC[C@@H](C)N)ccc1OCCO. The number of hydrogen-bond donors (Lipinski definition) is 2. The Hall–Kier alpha value is -1.06. The van der Waals surface area contributed by atoms with E-state index in [0.29, 0.717) is 6.61 Å². The van der Waals surface area contributed by atoms with Crippen molar-refractivity contribution in [3.8, 4) is 5.75 Å². The molecule has 0 unspecified atom stereocenters. The highest BCUT2D eigenvalue weighted by atomic mass is 16.5. The molecule has 0 amide bonds. The van der Waals surface area contributed by atoms with Crippen LogP contribution in [0.2, 0.25) is 0 Å². The van der Waals surface area contributed by atoms with Crippen LogP contribution in [-0.2, 0) is 6.42 Å². The van der Waals surface area contributed by atoms with E-state index in [4.69, 9.17) is 15.6 Å². The quantitative estimate of drug-likeness (QED) is 0.771. The molecule has 0 fully saturated rings. The molecular weight excluding hydrogens is 202 g/mol. The molecule has 0 saturated carbocycles. The van der Waals surface area contributed by atoms with Gasteiger partial charge in [-0.1, -0.05) is 12.1 Å². The number of hydrogen-bond acceptors (Lipinski definition) is 3. The summed E-state index contributed by atoms with van der Waals surface area (Å²) in [6, 6.07) is 6.38. The molecule has 1 atom stereocenters. The van der Waals surface area contributed by atoms with Crippen LogP contribution < -0.4 is 10.5 Å². The molecule has 16 heavy (non-hydrogen) atoms. The fraction of sp³-hybridized carbons (Fsp3) is 0.538. The standard InChI is InChI=1S/C13H21NO2/c1-10-9-12(4-3-11(2)14)5-6-13(10)16-8-7-15/h5-6,9,11,15H,3-4,7-8,14H2,1-2H3/t11-/m1/s1. The highest BCUT2D eigenvalue weighted by molar-refractivity contribution is 5.36. The summed E-state index contributed by atoms with van der Waals surface area (Å²) in [4.78, 5) is 0. The van der Waals surface area contributed by atoms with Crippen LogP contribution in [0, 0.1) is 6.92 Å². The second-order valence-corrected chi connectivity index (χ2v) is 4.19. The Morgan fingerprint density at radius 1 is 1.44 bits per heavy atom. The largest absolute Gasteiger partial charge is 0.491 e. The molecular formula is C13H21NO2. The summed E-state index contributed by atoms with van der Waals surface area (Å²) in [5.74, 6) is 0.846. The lowest BCUT2D eigenvalue weighted by atomic mass is 10.0. The summed E-state index contributed by atoms with van der Waals surface area (Å²) >= 11 is 0. The third kappa shape index (κ3) is 4.21. The van der Waals surface area contributed by atoms with E-state index >= 15 is 0 Å². The van der Waals surface area contributed by atoms with E-state index in [1.165, 1.54) is 5.56 Å². The summed E-state index contributed by atoms with van der Waals surface area (Å²) in [6.07, 6.45) is 2.00. The zero-order chi connectivity index (χ0) is 12.0. The lowest BCUT2D eigenvalue weighted by Crippen LogP contribution is -2.15. The van der Waals surface area contributed by atoms with Gasteiger partial charge >= 0.3 is 0 Å². The van der Waals surface area contributed by atoms with Gasteiger partial charge in [0.25, 0.3) is 0 Å². The first-order valence-corrected chi connectivity index (χ1v) is 5.72. The Balaban J connectivity index is 2.59. The summed E-state index contributed by atoms with van der Waals surface area (Å²) in [5, 5.41) is 8.68. The highest BCUT2D eigenvalue weighted by Gasteiger charge is 2.02. The average molecular weight is 223 g/mol. The summed E-state index contributed by atoms with van der Waals surface area (Å²) in [7, 11) is 0. The molecule has 3 heteroatoms.